The summed E-state index contributed by atoms with van der Waals surface area (Å²) in [5, 5.41) is 2.73. The van der Waals surface area contributed by atoms with E-state index in [1.54, 1.807) is 59.5 Å². The molecule has 3 aromatic rings. The number of halogens is 1. The van der Waals surface area contributed by atoms with Crippen molar-refractivity contribution in [2.45, 2.75) is 39.5 Å². The van der Waals surface area contributed by atoms with E-state index in [1.807, 2.05) is 32.9 Å². The highest BCUT2D eigenvalue weighted by Gasteiger charge is 2.19. The Morgan fingerprint density at radius 1 is 0.946 bits per heavy atom. The van der Waals surface area contributed by atoms with Gasteiger partial charge in [0.1, 0.15) is 19.0 Å². The molecule has 0 saturated heterocycles. The van der Waals surface area contributed by atoms with Crippen LogP contribution in [0.3, 0.4) is 0 Å². The molecule has 196 valence electrons. The van der Waals surface area contributed by atoms with Gasteiger partial charge in [-0.3, -0.25) is 4.79 Å². The zero-order chi connectivity index (χ0) is 26.8. The maximum absolute atomic E-state index is 13.9. The number of methoxy groups -OCH3 is 1. The zero-order valence-electron chi connectivity index (χ0n) is 21.6. The highest BCUT2D eigenvalue weighted by atomic mass is 19.1. The van der Waals surface area contributed by atoms with Crippen molar-refractivity contribution in [1.29, 1.82) is 0 Å². The van der Waals surface area contributed by atoms with E-state index in [0.29, 0.717) is 22.6 Å². The van der Waals surface area contributed by atoms with E-state index in [9.17, 15) is 14.0 Å². The first-order chi connectivity index (χ1) is 17.7. The van der Waals surface area contributed by atoms with Crippen LogP contribution in [-0.4, -0.2) is 42.7 Å². The summed E-state index contributed by atoms with van der Waals surface area (Å²) in [5.74, 6) is 0.380. The first-order valence-corrected chi connectivity index (χ1v) is 12.0. The van der Waals surface area contributed by atoms with Crippen LogP contribution in [0.5, 0.6) is 11.5 Å². The molecule has 37 heavy (non-hydrogen) atoms. The fraction of sp³-hybridized carbons (Fsp3) is 0.310. The average Bonchev–Trinajstić information content (AvgIpc) is 2.87. The van der Waals surface area contributed by atoms with Gasteiger partial charge >= 0.3 is 6.09 Å². The zero-order valence-corrected chi connectivity index (χ0v) is 21.6. The van der Waals surface area contributed by atoms with E-state index in [4.69, 9.17) is 14.2 Å². The van der Waals surface area contributed by atoms with Gasteiger partial charge < -0.3 is 24.4 Å². The second-order valence-corrected chi connectivity index (χ2v) is 9.47. The fourth-order valence-corrected chi connectivity index (χ4v) is 3.53. The number of amides is 2. The van der Waals surface area contributed by atoms with Gasteiger partial charge in [0.2, 0.25) is 0 Å². The van der Waals surface area contributed by atoms with Crippen molar-refractivity contribution >= 4 is 12.0 Å². The van der Waals surface area contributed by atoms with Crippen LogP contribution < -0.4 is 14.8 Å². The van der Waals surface area contributed by atoms with Gasteiger partial charge in [0.15, 0.2) is 11.5 Å². The summed E-state index contributed by atoms with van der Waals surface area (Å²) in [6.45, 7) is 6.10. The Bertz CT molecular complexity index is 1190. The number of benzene rings is 3. The predicted molar refractivity (Wildman–Crippen MR) is 139 cm³/mol. The van der Waals surface area contributed by atoms with Crippen molar-refractivity contribution in [3.8, 4) is 11.5 Å². The lowest BCUT2D eigenvalue weighted by molar-refractivity contribution is 0.0676. The van der Waals surface area contributed by atoms with Crippen molar-refractivity contribution in [3.63, 3.8) is 0 Å². The minimum absolute atomic E-state index is 0.0292. The number of carbonyl (C=O) groups is 2. The van der Waals surface area contributed by atoms with Crippen LogP contribution in [0.25, 0.3) is 0 Å². The molecule has 0 saturated carbocycles. The lowest BCUT2D eigenvalue weighted by Crippen LogP contribution is -2.42. The predicted octanol–water partition coefficient (Wildman–Crippen LogP) is 5.58. The molecule has 0 aliphatic heterocycles. The Kier molecular flexibility index (Phi) is 9.49. The summed E-state index contributed by atoms with van der Waals surface area (Å²) in [4.78, 5) is 26.9. The SMILES string of the molecule is COc1cc(CN(CCOC(=O)NC(C)(C)C)C(=O)c2ccccc2)ccc1OCc1ccccc1F. The van der Waals surface area contributed by atoms with E-state index < -0.39 is 11.6 Å². The first kappa shape index (κ1) is 27.5. The van der Waals surface area contributed by atoms with E-state index in [-0.39, 0.29) is 38.0 Å². The molecule has 1 N–H and O–H groups in total. The highest BCUT2D eigenvalue weighted by molar-refractivity contribution is 5.94. The monoisotopic (exact) mass is 508 g/mol. The van der Waals surface area contributed by atoms with Crippen LogP contribution in [0, 0.1) is 5.82 Å². The molecule has 2 amide bonds. The Morgan fingerprint density at radius 2 is 1.65 bits per heavy atom. The summed E-state index contributed by atoms with van der Waals surface area (Å²) in [6.07, 6.45) is -0.544. The van der Waals surface area contributed by atoms with E-state index in [1.165, 1.54) is 13.2 Å². The quantitative estimate of drug-likeness (QED) is 0.387. The molecule has 0 spiro atoms. The maximum atomic E-state index is 13.9. The molecule has 0 radical (unpaired) electrons. The number of carbonyl (C=O) groups excluding carboxylic acids is 2. The van der Waals surface area contributed by atoms with Gasteiger partial charge in [0.25, 0.3) is 5.91 Å². The van der Waals surface area contributed by atoms with Crippen LogP contribution in [0.15, 0.2) is 72.8 Å². The number of hydrogen-bond donors (Lipinski definition) is 1. The Balaban J connectivity index is 1.72. The Morgan fingerprint density at radius 3 is 2.32 bits per heavy atom. The molecule has 0 unspecified atom stereocenters. The molecule has 7 nitrogen and oxygen atoms in total. The van der Waals surface area contributed by atoms with Crippen molar-refractivity contribution in [3.05, 3.63) is 95.3 Å². The maximum Gasteiger partial charge on any atom is 0.407 e. The summed E-state index contributed by atoms with van der Waals surface area (Å²) in [5.41, 5.74) is 1.32. The Hall–Kier alpha value is -4.07. The van der Waals surface area contributed by atoms with Crippen LogP contribution in [0.2, 0.25) is 0 Å². The minimum atomic E-state index is -0.544. The summed E-state index contributed by atoms with van der Waals surface area (Å²) >= 11 is 0. The molecule has 8 heteroatoms. The third-order valence-electron chi connectivity index (χ3n) is 5.32. The Labute approximate surface area is 217 Å². The molecule has 3 rings (SSSR count). The molecule has 3 aromatic carbocycles. The normalized spacial score (nSPS) is 10.9. The van der Waals surface area contributed by atoms with Crippen LogP contribution in [0.1, 0.15) is 42.3 Å². The van der Waals surface area contributed by atoms with E-state index in [0.717, 1.165) is 5.56 Å². The third kappa shape index (κ3) is 8.52. The number of ether oxygens (including phenoxy) is 3. The summed E-state index contributed by atoms with van der Waals surface area (Å²) < 4.78 is 30.5. The molecular formula is C29H33FN2O5. The van der Waals surface area contributed by atoms with Gasteiger partial charge in [-0.1, -0.05) is 42.5 Å². The number of nitrogens with one attached hydrogen (secondary N) is 1. The van der Waals surface area contributed by atoms with Gasteiger partial charge in [-0.25, -0.2) is 9.18 Å². The number of alkyl carbamates (subject to hydrolysis) is 1. The molecule has 0 aromatic heterocycles. The topological polar surface area (TPSA) is 77.1 Å². The molecule has 0 fully saturated rings. The summed E-state index contributed by atoms with van der Waals surface area (Å²) in [7, 11) is 1.52. The molecule has 0 aliphatic rings. The molecule has 0 bridgehead atoms. The van der Waals surface area contributed by atoms with Crippen molar-refractivity contribution in [2.75, 3.05) is 20.3 Å². The van der Waals surface area contributed by atoms with Crippen molar-refractivity contribution in [2.24, 2.45) is 0 Å². The second-order valence-electron chi connectivity index (χ2n) is 9.47. The third-order valence-corrected chi connectivity index (χ3v) is 5.32. The lowest BCUT2D eigenvalue weighted by atomic mass is 10.1. The number of nitrogens with zero attached hydrogens (tertiary/aromatic N) is 1. The molecular weight excluding hydrogens is 475 g/mol. The van der Waals surface area contributed by atoms with Gasteiger partial charge in [-0.2, -0.15) is 0 Å². The van der Waals surface area contributed by atoms with Gasteiger partial charge in [0.05, 0.1) is 13.7 Å². The van der Waals surface area contributed by atoms with Crippen LogP contribution in [0.4, 0.5) is 9.18 Å². The van der Waals surface area contributed by atoms with Crippen LogP contribution >= 0.6 is 0 Å². The van der Waals surface area contributed by atoms with Crippen molar-refractivity contribution in [1.82, 2.24) is 10.2 Å². The fourth-order valence-electron chi connectivity index (χ4n) is 3.53. The second kappa shape index (κ2) is 12.8. The van der Waals surface area contributed by atoms with Gasteiger partial charge in [0, 0.05) is 23.2 Å². The van der Waals surface area contributed by atoms with E-state index in [2.05, 4.69) is 5.32 Å². The minimum Gasteiger partial charge on any atom is -0.493 e. The van der Waals surface area contributed by atoms with Gasteiger partial charge in [-0.15, -0.1) is 0 Å². The number of hydrogen-bond acceptors (Lipinski definition) is 5. The largest absolute Gasteiger partial charge is 0.493 e. The van der Waals surface area contributed by atoms with Crippen molar-refractivity contribution < 1.29 is 28.2 Å². The van der Waals surface area contributed by atoms with Gasteiger partial charge in [-0.05, 0) is 56.7 Å². The van der Waals surface area contributed by atoms with Crippen LogP contribution in [-0.2, 0) is 17.9 Å². The molecule has 0 aliphatic carbocycles. The number of rotatable bonds is 10. The average molecular weight is 509 g/mol. The molecule has 0 heterocycles. The lowest BCUT2D eigenvalue weighted by Gasteiger charge is -2.24. The van der Waals surface area contributed by atoms with E-state index >= 15 is 0 Å². The highest BCUT2D eigenvalue weighted by Crippen LogP contribution is 2.30. The first-order valence-electron chi connectivity index (χ1n) is 12.0. The standard InChI is InChI=1S/C29H33FN2O5/c1-29(2,3)31-28(34)36-17-16-32(27(33)22-10-6-5-7-11-22)19-21-14-15-25(26(18-21)35-4)37-20-23-12-8-9-13-24(23)30/h5-15,18H,16-17,19-20H2,1-4H3,(H,31,34). The smallest absolute Gasteiger partial charge is 0.407 e. The summed E-state index contributed by atoms with van der Waals surface area (Å²) in [6, 6.07) is 20.6. The molecule has 0 atom stereocenters.